The summed E-state index contributed by atoms with van der Waals surface area (Å²) in [5.74, 6) is 0.365. The van der Waals surface area contributed by atoms with Gasteiger partial charge >= 0.3 is 0 Å². The molecule has 2 rings (SSSR count). The molecule has 0 aliphatic carbocycles. The molecule has 0 saturated carbocycles. The minimum absolute atomic E-state index is 0.0403. The Morgan fingerprint density at radius 3 is 3.14 bits per heavy atom. The SMILES string of the molecule is O=C(Nc1ncn[nH]1)C1CCCCN1. The van der Waals surface area contributed by atoms with Crippen molar-refractivity contribution in [3.63, 3.8) is 0 Å². The molecule has 14 heavy (non-hydrogen) atoms. The van der Waals surface area contributed by atoms with Gasteiger partial charge in [0.1, 0.15) is 6.33 Å². The first-order valence-corrected chi connectivity index (χ1v) is 4.76. The van der Waals surface area contributed by atoms with Crippen LogP contribution in [-0.4, -0.2) is 33.7 Å². The second-order valence-corrected chi connectivity index (χ2v) is 3.33. The molecule has 0 bridgehead atoms. The number of aromatic amines is 1. The maximum absolute atomic E-state index is 11.6. The van der Waals surface area contributed by atoms with Crippen molar-refractivity contribution in [2.45, 2.75) is 25.3 Å². The molecule has 1 aliphatic heterocycles. The summed E-state index contributed by atoms with van der Waals surface area (Å²) < 4.78 is 0. The van der Waals surface area contributed by atoms with E-state index in [2.05, 4.69) is 25.8 Å². The molecule has 1 aromatic rings. The zero-order chi connectivity index (χ0) is 9.80. The fourth-order valence-electron chi connectivity index (χ4n) is 1.55. The third-order valence-corrected chi connectivity index (χ3v) is 2.28. The Morgan fingerprint density at radius 2 is 2.50 bits per heavy atom. The smallest absolute Gasteiger partial charge is 0.243 e. The van der Waals surface area contributed by atoms with Crippen LogP contribution in [0.2, 0.25) is 0 Å². The summed E-state index contributed by atoms with van der Waals surface area (Å²) in [6.45, 7) is 0.911. The number of piperidine rings is 1. The molecule has 1 saturated heterocycles. The predicted molar refractivity (Wildman–Crippen MR) is 50.7 cm³/mol. The lowest BCUT2D eigenvalue weighted by Crippen LogP contribution is -2.43. The van der Waals surface area contributed by atoms with E-state index in [9.17, 15) is 4.79 Å². The topological polar surface area (TPSA) is 82.7 Å². The highest BCUT2D eigenvalue weighted by atomic mass is 16.2. The van der Waals surface area contributed by atoms with Crippen LogP contribution in [0, 0.1) is 0 Å². The highest BCUT2D eigenvalue weighted by molar-refractivity contribution is 5.93. The first-order chi connectivity index (χ1) is 6.86. The molecule has 76 valence electrons. The van der Waals surface area contributed by atoms with E-state index in [4.69, 9.17) is 0 Å². The van der Waals surface area contributed by atoms with E-state index in [-0.39, 0.29) is 11.9 Å². The van der Waals surface area contributed by atoms with Gasteiger partial charge in [0.05, 0.1) is 6.04 Å². The number of rotatable bonds is 2. The number of nitrogens with zero attached hydrogens (tertiary/aromatic N) is 2. The van der Waals surface area contributed by atoms with Crippen LogP contribution >= 0.6 is 0 Å². The maximum atomic E-state index is 11.6. The van der Waals surface area contributed by atoms with Gasteiger partial charge in [0.25, 0.3) is 0 Å². The van der Waals surface area contributed by atoms with Gasteiger partial charge in [-0.1, -0.05) is 6.42 Å². The van der Waals surface area contributed by atoms with E-state index in [0.717, 1.165) is 25.8 Å². The second-order valence-electron chi connectivity index (χ2n) is 3.33. The van der Waals surface area contributed by atoms with Crippen molar-refractivity contribution in [2.24, 2.45) is 0 Å². The number of hydrogen-bond acceptors (Lipinski definition) is 4. The molecule has 3 N–H and O–H groups in total. The van der Waals surface area contributed by atoms with Gasteiger partial charge in [0.15, 0.2) is 0 Å². The van der Waals surface area contributed by atoms with Gasteiger partial charge in [0.2, 0.25) is 11.9 Å². The summed E-state index contributed by atoms with van der Waals surface area (Å²) >= 11 is 0. The van der Waals surface area contributed by atoms with E-state index >= 15 is 0 Å². The van der Waals surface area contributed by atoms with Crippen molar-refractivity contribution in [1.29, 1.82) is 0 Å². The molecule has 1 amide bonds. The van der Waals surface area contributed by atoms with Gasteiger partial charge in [-0.2, -0.15) is 10.1 Å². The number of anilines is 1. The van der Waals surface area contributed by atoms with Gasteiger partial charge in [-0.15, -0.1) is 0 Å². The third kappa shape index (κ3) is 2.08. The van der Waals surface area contributed by atoms with E-state index in [1.165, 1.54) is 6.33 Å². The molecule has 1 aromatic heterocycles. The first-order valence-electron chi connectivity index (χ1n) is 4.76. The summed E-state index contributed by atoms with van der Waals surface area (Å²) in [5.41, 5.74) is 0. The number of H-pyrrole nitrogens is 1. The molecular formula is C8H13N5O. The molecule has 0 radical (unpaired) electrons. The standard InChI is InChI=1S/C8H13N5O/c14-7(6-3-1-2-4-9-6)12-8-10-5-11-13-8/h5-6,9H,1-4H2,(H2,10,11,12,13,14). The summed E-state index contributed by atoms with van der Waals surface area (Å²) in [4.78, 5) is 15.4. The Hall–Kier alpha value is -1.43. The zero-order valence-corrected chi connectivity index (χ0v) is 7.79. The van der Waals surface area contributed by atoms with E-state index in [0.29, 0.717) is 5.95 Å². The van der Waals surface area contributed by atoms with Crippen molar-refractivity contribution in [2.75, 3.05) is 11.9 Å². The van der Waals surface area contributed by atoms with Crippen molar-refractivity contribution < 1.29 is 4.79 Å². The van der Waals surface area contributed by atoms with Crippen molar-refractivity contribution in [3.8, 4) is 0 Å². The normalized spacial score (nSPS) is 21.9. The lowest BCUT2D eigenvalue weighted by Gasteiger charge is -2.21. The molecule has 0 spiro atoms. The predicted octanol–water partition coefficient (Wildman–Crippen LogP) is -0.115. The summed E-state index contributed by atoms with van der Waals surface area (Å²) in [5, 5.41) is 12.1. The Balaban J connectivity index is 1.88. The van der Waals surface area contributed by atoms with Gasteiger partial charge in [-0.3, -0.25) is 10.1 Å². The molecular weight excluding hydrogens is 182 g/mol. The van der Waals surface area contributed by atoms with E-state index in [1.54, 1.807) is 0 Å². The molecule has 1 atom stereocenters. The fourth-order valence-corrected chi connectivity index (χ4v) is 1.55. The van der Waals surface area contributed by atoms with Crippen LogP contribution in [0.15, 0.2) is 6.33 Å². The molecule has 6 nitrogen and oxygen atoms in total. The number of nitrogens with one attached hydrogen (secondary N) is 3. The van der Waals surface area contributed by atoms with E-state index in [1.807, 2.05) is 0 Å². The van der Waals surface area contributed by atoms with Crippen LogP contribution in [0.4, 0.5) is 5.95 Å². The molecule has 2 heterocycles. The van der Waals surface area contributed by atoms with Crippen LogP contribution in [0.5, 0.6) is 0 Å². The number of carbonyl (C=O) groups excluding carboxylic acids is 1. The Bertz CT molecular complexity index is 291. The molecule has 0 aromatic carbocycles. The fraction of sp³-hybridized carbons (Fsp3) is 0.625. The first kappa shape index (κ1) is 9.14. The monoisotopic (exact) mass is 195 g/mol. The Kier molecular flexibility index (Phi) is 2.73. The number of aromatic nitrogens is 3. The van der Waals surface area contributed by atoms with Crippen LogP contribution in [0.25, 0.3) is 0 Å². The third-order valence-electron chi connectivity index (χ3n) is 2.28. The molecule has 1 fully saturated rings. The van der Waals surface area contributed by atoms with Gasteiger partial charge < -0.3 is 5.32 Å². The summed E-state index contributed by atoms with van der Waals surface area (Å²) in [7, 11) is 0. The van der Waals surface area contributed by atoms with Crippen LogP contribution in [0.3, 0.4) is 0 Å². The average molecular weight is 195 g/mol. The lowest BCUT2D eigenvalue weighted by molar-refractivity contribution is -0.118. The quantitative estimate of drug-likeness (QED) is 0.614. The molecule has 1 unspecified atom stereocenters. The van der Waals surface area contributed by atoms with Gasteiger partial charge in [-0.25, -0.2) is 5.10 Å². The van der Waals surface area contributed by atoms with Crippen molar-refractivity contribution in [3.05, 3.63) is 6.33 Å². The maximum Gasteiger partial charge on any atom is 0.243 e. The van der Waals surface area contributed by atoms with Crippen LogP contribution < -0.4 is 10.6 Å². The van der Waals surface area contributed by atoms with Gasteiger partial charge in [-0.05, 0) is 19.4 Å². The van der Waals surface area contributed by atoms with Gasteiger partial charge in [0, 0.05) is 0 Å². The lowest BCUT2D eigenvalue weighted by atomic mass is 10.0. The summed E-state index contributed by atoms with van der Waals surface area (Å²) in [6.07, 6.45) is 4.50. The molecule has 6 heteroatoms. The number of hydrogen-bond donors (Lipinski definition) is 3. The van der Waals surface area contributed by atoms with Crippen molar-refractivity contribution >= 4 is 11.9 Å². The highest BCUT2D eigenvalue weighted by Crippen LogP contribution is 2.08. The van der Waals surface area contributed by atoms with E-state index < -0.39 is 0 Å². The van der Waals surface area contributed by atoms with Crippen LogP contribution in [0.1, 0.15) is 19.3 Å². The second kappa shape index (κ2) is 4.19. The Labute approximate surface area is 81.5 Å². The minimum Gasteiger partial charge on any atom is -0.306 e. The number of amides is 1. The largest absolute Gasteiger partial charge is 0.306 e. The average Bonchev–Trinajstić information content (AvgIpc) is 2.72. The highest BCUT2D eigenvalue weighted by Gasteiger charge is 2.20. The Morgan fingerprint density at radius 1 is 1.57 bits per heavy atom. The van der Waals surface area contributed by atoms with Crippen LogP contribution in [-0.2, 0) is 4.79 Å². The minimum atomic E-state index is -0.0890. The van der Waals surface area contributed by atoms with Crippen molar-refractivity contribution in [1.82, 2.24) is 20.5 Å². The number of carbonyl (C=O) groups is 1. The molecule has 1 aliphatic rings. The summed E-state index contributed by atoms with van der Waals surface area (Å²) in [6, 6.07) is -0.0890. The zero-order valence-electron chi connectivity index (χ0n) is 7.79.